The predicted octanol–water partition coefficient (Wildman–Crippen LogP) is 1.11. The van der Waals surface area contributed by atoms with Crippen molar-refractivity contribution in [2.24, 2.45) is 0 Å². The standard InChI is InChI=1S/C9H15N3O/c1-9(2,3)6-5-7(13)12-8(10-4)11-6/h5H,1-4H3,(H2,10,11,12,13). The van der Waals surface area contributed by atoms with Crippen LogP contribution in [0.25, 0.3) is 0 Å². The van der Waals surface area contributed by atoms with E-state index in [4.69, 9.17) is 0 Å². The van der Waals surface area contributed by atoms with Crippen molar-refractivity contribution in [3.63, 3.8) is 0 Å². The first-order chi connectivity index (χ1) is 5.93. The number of nitrogens with zero attached hydrogens (tertiary/aromatic N) is 1. The molecule has 13 heavy (non-hydrogen) atoms. The summed E-state index contributed by atoms with van der Waals surface area (Å²) in [5.74, 6) is 0.512. The number of rotatable bonds is 1. The maximum atomic E-state index is 11.2. The van der Waals surface area contributed by atoms with Gasteiger partial charge in [-0.15, -0.1) is 0 Å². The summed E-state index contributed by atoms with van der Waals surface area (Å²) in [6, 6.07) is 1.53. The first-order valence-electron chi connectivity index (χ1n) is 4.23. The lowest BCUT2D eigenvalue weighted by molar-refractivity contribution is 0.566. The lowest BCUT2D eigenvalue weighted by atomic mass is 9.92. The smallest absolute Gasteiger partial charge is 0.252 e. The molecule has 0 aliphatic rings. The van der Waals surface area contributed by atoms with E-state index in [0.717, 1.165) is 5.69 Å². The quantitative estimate of drug-likeness (QED) is 0.682. The van der Waals surface area contributed by atoms with Crippen molar-refractivity contribution in [2.45, 2.75) is 26.2 Å². The van der Waals surface area contributed by atoms with Gasteiger partial charge >= 0.3 is 0 Å². The molecule has 0 aliphatic heterocycles. The minimum absolute atomic E-state index is 0.0974. The van der Waals surface area contributed by atoms with Crippen molar-refractivity contribution >= 4 is 5.95 Å². The third-order valence-corrected chi connectivity index (χ3v) is 1.75. The van der Waals surface area contributed by atoms with Gasteiger partial charge in [0, 0.05) is 18.5 Å². The fraction of sp³-hybridized carbons (Fsp3) is 0.556. The van der Waals surface area contributed by atoms with E-state index in [1.165, 1.54) is 6.07 Å². The molecule has 0 aliphatic carbocycles. The van der Waals surface area contributed by atoms with Gasteiger partial charge in [-0.1, -0.05) is 20.8 Å². The molecule has 1 aromatic rings. The molecule has 0 saturated heterocycles. The summed E-state index contributed by atoms with van der Waals surface area (Å²) in [6.07, 6.45) is 0. The molecule has 0 amide bonds. The van der Waals surface area contributed by atoms with E-state index in [9.17, 15) is 4.79 Å². The predicted molar refractivity (Wildman–Crippen MR) is 53.1 cm³/mol. The van der Waals surface area contributed by atoms with Crippen LogP contribution in [-0.2, 0) is 5.41 Å². The molecule has 1 aromatic heterocycles. The van der Waals surface area contributed by atoms with Crippen molar-refractivity contribution in [1.82, 2.24) is 9.97 Å². The summed E-state index contributed by atoms with van der Waals surface area (Å²) in [6.45, 7) is 6.07. The Balaban J connectivity index is 3.24. The van der Waals surface area contributed by atoms with Crippen molar-refractivity contribution in [3.05, 3.63) is 22.1 Å². The van der Waals surface area contributed by atoms with Crippen LogP contribution in [0.15, 0.2) is 10.9 Å². The van der Waals surface area contributed by atoms with Crippen LogP contribution in [-0.4, -0.2) is 17.0 Å². The van der Waals surface area contributed by atoms with E-state index in [2.05, 4.69) is 15.3 Å². The van der Waals surface area contributed by atoms with Crippen molar-refractivity contribution in [3.8, 4) is 0 Å². The Morgan fingerprint density at radius 1 is 1.46 bits per heavy atom. The van der Waals surface area contributed by atoms with E-state index in [-0.39, 0.29) is 11.0 Å². The second-order valence-electron chi connectivity index (χ2n) is 3.98. The lowest BCUT2D eigenvalue weighted by Gasteiger charge is -2.17. The highest BCUT2D eigenvalue weighted by Crippen LogP contribution is 2.18. The van der Waals surface area contributed by atoms with Gasteiger partial charge in [-0.3, -0.25) is 9.78 Å². The highest BCUT2D eigenvalue weighted by molar-refractivity contribution is 5.26. The average Bonchev–Trinajstić information content (AvgIpc) is 2.01. The largest absolute Gasteiger partial charge is 0.359 e. The molecule has 2 N–H and O–H groups in total. The molecule has 0 unspecified atom stereocenters. The lowest BCUT2D eigenvalue weighted by Crippen LogP contribution is -2.20. The molecule has 0 aromatic carbocycles. The zero-order chi connectivity index (χ0) is 10.1. The average molecular weight is 181 g/mol. The van der Waals surface area contributed by atoms with E-state index in [1.807, 2.05) is 20.8 Å². The third kappa shape index (κ3) is 2.31. The highest BCUT2D eigenvalue weighted by Gasteiger charge is 2.16. The number of hydrogen-bond donors (Lipinski definition) is 2. The normalized spacial score (nSPS) is 11.4. The SMILES string of the molecule is CNc1nc(C(C)(C)C)cc(=O)[nH]1. The van der Waals surface area contributed by atoms with Crippen LogP contribution in [0, 0.1) is 0 Å². The summed E-state index contributed by atoms with van der Waals surface area (Å²) in [5.41, 5.74) is 0.574. The summed E-state index contributed by atoms with van der Waals surface area (Å²) in [7, 11) is 1.73. The van der Waals surface area contributed by atoms with Gasteiger partial charge < -0.3 is 5.32 Å². The Kier molecular flexibility index (Phi) is 2.40. The second kappa shape index (κ2) is 3.20. The zero-order valence-electron chi connectivity index (χ0n) is 8.43. The van der Waals surface area contributed by atoms with Crippen molar-refractivity contribution < 1.29 is 0 Å². The number of nitrogens with one attached hydrogen (secondary N) is 2. The summed E-state index contributed by atoms with van der Waals surface area (Å²) < 4.78 is 0. The number of hydrogen-bond acceptors (Lipinski definition) is 3. The highest BCUT2D eigenvalue weighted by atomic mass is 16.1. The third-order valence-electron chi connectivity index (χ3n) is 1.75. The molecule has 0 atom stereocenters. The number of anilines is 1. The first kappa shape index (κ1) is 9.77. The van der Waals surface area contributed by atoms with Crippen LogP contribution >= 0.6 is 0 Å². The fourth-order valence-electron chi connectivity index (χ4n) is 0.960. The molecule has 1 heterocycles. The van der Waals surface area contributed by atoms with Crippen molar-refractivity contribution in [1.29, 1.82) is 0 Å². The maximum absolute atomic E-state index is 11.2. The van der Waals surface area contributed by atoms with Gasteiger partial charge in [0.2, 0.25) is 5.95 Å². The van der Waals surface area contributed by atoms with E-state index < -0.39 is 0 Å². The van der Waals surface area contributed by atoms with Gasteiger partial charge in [0.05, 0.1) is 5.69 Å². The van der Waals surface area contributed by atoms with E-state index in [1.54, 1.807) is 7.05 Å². The Hall–Kier alpha value is -1.32. The summed E-state index contributed by atoms with van der Waals surface area (Å²) in [4.78, 5) is 18.0. The Morgan fingerprint density at radius 2 is 2.08 bits per heavy atom. The zero-order valence-corrected chi connectivity index (χ0v) is 8.43. The van der Waals surface area contributed by atoms with E-state index in [0.29, 0.717) is 5.95 Å². The molecule has 1 rings (SSSR count). The molecule has 72 valence electrons. The molecule has 0 spiro atoms. The molecule has 4 heteroatoms. The molecule has 0 bridgehead atoms. The Morgan fingerprint density at radius 3 is 2.54 bits per heavy atom. The number of aromatic nitrogens is 2. The topological polar surface area (TPSA) is 57.8 Å². The van der Waals surface area contributed by atoms with Gasteiger partial charge in [0.15, 0.2) is 0 Å². The minimum atomic E-state index is -0.121. The van der Waals surface area contributed by atoms with Gasteiger partial charge in [-0.05, 0) is 0 Å². The number of aromatic amines is 1. The van der Waals surface area contributed by atoms with Crippen LogP contribution in [0.3, 0.4) is 0 Å². The molecular weight excluding hydrogens is 166 g/mol. The Labute approximate surface area is 77.4 Å². The minimum Gasteiger partial charge on any atom is -0.359 e. The van der Waals surface area contributed by atoms with E-state index >= 15 is 0 Å². The van der Waals surface area contributed by atoms with Crippen LogP contribution < -0.4 is 10.9 Å². The van der Waals surface area contributed by atoms with Gasteiger partial charge in [0.25, 0.3) is 5.56 Å². The maximum Gasteiger partial charge on any atom is 0.252 e. The Bertz CT molecular complexity index is 349. The first-order valence-corrected chi connectivity index (χ1v) is 4.23. The molecule has 4 nitrogen and oxygen atoms in total. The molecule has 0 fully saturated rings. The van der Waals surface area contributed by atoms with Gasteiger partial charge in [0.1, 0.15) is 0 Å². The molecular formula is C9H15N3O. The van der Waals surface area contributed by atoms with Crippen LogP contribution in [0.1, 0.15) is 26.5 Å². The summed E-state index contributed by atoms with van der Waals surface area (Å²) >= 11 is 0. The van der Waals surface area contributed by atoms with Gasteiger partial charge in [-0.2, -0.15) is 0 Å². The van der Waals surface area contributed by atoms with Crippen LogP contribution in [0.4, 0.5) is 5.95 Å². The van der Waals surface area contributed by atoms with Crippen LogP contribution in [0.2, 0.25) is 0 Å². The van der Waals surface area contributed by atoms with Gasteiger partial charge in [-0.25, -0.2) is 4.98 Å². The molecule has 0 saturated carbocycles. The second-order valence-corrected chi connectivity index (χ2v) is 3.98. The summed E-state index contributed by atoms with van der Waals surface area (Å²) in [5, 5.41) is 2.81. The molecule has 0 radical (unpaired) electrons. The monoisotopic (exact) mass is 181 g/mol. The fourth-order valence-corrected chi connectivity index (χ4v) is 0.960. The van der Waals surface area contributed by atoms with Crippen molar-refractivity contribution in [2.75, 3.05) is 12.4 Å². The van der Waals surface area contributed by atoms with Crippen LogP contribution in [0.5, 0.6) is 0 Å². The number of H-pyrrole nitrogens is 1.